The molecule has 0 saturated carbocycles. The summed E-state index contributed by atoms with van der Waals surface area (Å²) in [5, 5.41) is 0. The quantitative estimate of drug-likeness (QED) is 0.302. The van der Waals surface area contributed by atoms with Gasteiger partial charge in [0.1, 0.15) is 5.76 Å². The van der Waals surface area contributed by atoms with Gasteiger partial charge in [0.25, 0.3) is 5.89 Å². The van der Waals surface area contributed by atoms with Crippen LogP contribution in [0.25, 0.3) is 0 Å². The predicted molar refractivity (Wildman–Crippen MR) is 91.1 cm³/mol. The lowest BCUT2D eigenvalue weighted by atomic mass is 10.0. The first kappa shape index (κ1) is 18.1. The molecule has 0 bridgehead atoms. The Bertz CT molecular complexity index is 523. The Balaban J connectivity index is 2.21. The maximum atomic E-state index is 12.0. The molecule has 3 nitrogen and oxygen atoms in total. The van der Waals surface area contributed by atoms with Crippen LogP contribution in [0.4, 0.5) is 0 Å². The number of aromatic nitrogens is 1. The summed E-state index contributed by atoms with van der Waals surface area (Å²) in [6.45, 7) is 11.5. The van der Waals surface area contributed by atoms with Gasteiger partial charge >= 0.3 is 0 Å². The molecular formula is C19H27NO2. The van der Waals surface area contributed by atoms with Crippen LogP contribution in [0.15, 0.2) is 47.6 Å². The first-order chi connectivity index (χ1) is 10.6. The van der Waals surface area contributed by atoms with Gasteiger partial charge in [0.15, 0.2) is 0 Å². The molecule has 0 amide bonds. The molecule has 1 aromatic rings. The van der Waals surface area contributed by atoms with E-state index in [1.165, 1.54) is 5.57 Å². The van der Waals surface area contributed by atoms with Crippen LogP contribution in [0.5, 0.6) is 0 Å². The minimum Gasteiger partial charge on any atom is -0.439 e. The van der Waals surface area contributed by atoms with E-state index in [1.54, 1.807) is 12.3 Å². The standard InChI is InChI=1S/C19H27NO2/c1-5-11-16(6-2)12-9-7-8-10-13-17(21)19-20-14-18(22-19)15(3)4/h5-6,11,14-15H,1-2,7-10,12-13H2,3-4H3/b16-11+. The highest BCUT2D eigenvalue weighted by molar-refractivity contribution is 5.91. The molecule has 0 saturated heterocycles. The van der Waals surface area contributed by atoms with Crippen molar-refractivity contribution in [1.82, 2.24) is 4.98 Å². The van der Waals surface area contributed by atoms with Gasteiger partial charge in [-0.15, -0.1) is 0 Å². The number of hydrogen-bond acceptors (Lipinski definition) is 3. The van der Waals surface area contributed by atoms with E-state index in [2.05, 4.69) is 18.1 Å². The number of unbranched alkanes of at least 4 members (excludes halogenated alkanes) is 3. The van der Waals surface area contributed by atoms with E-state index in [4.69, 9.17) is 4.42 Å². The third-order valence-electron chi connectivity index (χ3n) is 3.54. The number of nitrogens with zero attached hydrogens (tertiary/aromatic N) is 1. The number of allylic oxidation sites excluding steroid dienone is 4. The van der Waals surface area contributed by atoms with Gasteiger partial charge in [0, 0.05) is 12.3 Å². The fraction of sp³-hybridized carbons (Fsp3) is 0.474. The Hall–Kier alpha value is -1.90. The molecule has 1 heterocycles. The van der Waals surface area contributed by atoms with Crippen molar-refractivity contribution in [3.63, 3.8) is 0 Å². The fourth-order valence-electron chi connectivity index (χ4n) is 2.16. The summed E-state index contributed by atoms with van der Waals surface area (Å²) in [5.74, 6) is 1.29. The lowest BCUT2D eigenvalue weighted by Crippen LogP contribution is -1.99. The average Bonchev–Trinajstić information content (AvgIpc) is 2.99. The van der Waals surface area contributed by atoms with Crippen LogP contribution < -0.4 is 0 Å². The highest BCUT2D eigenvalue weighted by Gasteiger charge is 2.14. The molecule has 1 rings (SSSR count). The van der Waals surface area contributed by atoms with E-state index in [-0.39, 0.29) is 17.6 Å². The molecule has 22 heavy (non-hydrogen) atoms. The molecule has 0 aliphatic heterocycles. The van der Waals surface area contributed by atoms with E-state index in [0.29, 0.717) is 6.42 Å². The molecule has 0 unspecified atom stereocenters. The van der Waals surface area contributed by atoms with Crippen molar-refractivity contribution in [1.29, 1.82) is 0 Å². The van der Waals surface area contributed by atoms with Crippen LogP contribution in [-0.4, -0.2) is 10.8 Å². The van der Waals surface area contributed by atoms with Crippen LogP contribution >= 0.6 is 0 Å². The maximum Gasteiger partial charge on any atom is 0.263 e. The second-order valence-corrected chi connectivity index (χ2v) is 5.74. The van der Waals surface area contributed by atoms with Gasteiger partial charge in [-0.1, -0.05) is 58.1 Å². The number of carbonyl (C=O) groups is 1. The molecule has 0 N–H and O–H groups in total. The van der Waals surface area contributed by atoms with Crippen molar-refractivity contribution in [2.45, 2.75) is 58.3 Å². The van der Waals surface area contributed by atoms with Gasteiger partial charge < -0.3 is 4.42 Å². The zero-order valence-corrected chi connectivity index (χ0v) is 13.8. The summed E-state index contributed by atoms with van der Waals surface area (Å²) in [4.78, 5) is 16.0. The van der Waals surface area contributed by atoms with Crippen molar-refractivity contribution < 1.29 is 9.21 Å². The molecule has 0 aliphatic carbocycles. The smallest absolute Gasteiger partial charge is 0.263 e. The first-order valence-corrected chi connectivity index (χ1v) is 8.01. The summed E-state index contributed by atoms with van der Waals surface area (Å²) in [6.07, 6.45) is 13.0. The number of rotatable bonds is 11. The van der Waals surface area contributed by atoms with Gasteiger partial charge in [-0.3, -0.25) is 4.79 Å². The Morgan fingerprint density at radius 3 is 2.45 bits per heavy atom. The summed E-state index contributed by atoms with van der Waals surface area (Å²) in [5.41, 5.74) is 1.21. The van der Waals surface area contributed by atoms with Gasteiger partial charge in [0.2, 0.25) is 5.78 Å². The van der Waals surface area contributed by atoms with Crippen LogP contribution in [0, 0.1) is 0 Å². The molecule has 0 atom stereocenters. The molecule has 120 valence electrons. The number of Topliss-reactive ketones (excluding diaryl/α,β-unsaturated/α-hetero) is 1. The third-order valence-corrected chi connectivity index (χ3v) is 3.54. The summed E-state index contributed by atoms with van der Waals surface area (Å²) in [6, 6.07) is 0. The van der Waals surface area contributed by atoms with Crippen molar-refractivity contribution in [2.75, 3.05) is 0 Å². The summed E-state index contributed by atoms with van der Waals surface area (Å²) < 4.78 is 5.47. The van der Waals surface area contributed by atoms with Gasteiger partial charge in [-0.2, -0.15) is 0 Å². The Labute approximate surface area is 133 Å². The lowest BCUT2D eigenvalue weighted by Gasteiger charge is -2.02. The highest BCUT2D eigenvalue weighted by atomic mass is 16.4. The SMILES string of the molecule is C=C/C=C(\C=C)CCCCCCC(=O)c1ncc(C(C)C)o1. The molecule has 0 aliphatic rings. The minimum absolute atomic E-state index is 0.00485. The number of hydrogen-bond donors (Lipinski definition) is 0. The molecule has 0 fully saturated rings. The highest BCUT2D eigenvalue weighted by Crippen LogP contribution is 2.17. The molecule has 1 aromatic heterocycles. The van der Waals surface area contributed by atoms with Crippen LogP contribution in [-0.2, 0) is 0 Å². The van der Waals surface area contributed by atoms with E-state index < -0.39 is 0 Å². The van der Waals surface area contributed by atoms with Gasteiger partial charge in [-0.05, 0) is 24.8 Å². The van der Waals surface area contributed by atoms with Crippen molar-refractivity contribution in [3.8, 4) is 0 Å². The molecule has 0 spiro atoms. The molecule has 0 radical (unpaired) electrons. The Morgan fingerprint density at radius 2 is 1.91 bits per heavy atom. The Kier molecular flexibility index (Phi) is 8.19. The van der Waals surface area contributed by atoms with E-state index in [0.717, 1.165) is 37.9 Å². The average molecular weight is 301 g/mol. The number of carbonyl (C=O) groups excluding carboxylic acids is 1. The van der Waals surface area contributed by atoms with Crippen LogP contribution in [0.3, 0.4) is 0 Å². The topological polar surface area (TPSA) is 43.1 Å². The minimum atomic E-state index is 0.00485. The zero-order chi connectivity index (χ0) is 16.4. The van der Waals surface area contributed by atoms with Crippen LogP contribution in [0.1, 0.15) is 74.7 Å². The van der Waals surface area contributed by atoms with Gasteiger partial charge in [-0.25, -0.2) is 4.98 Å². The largest absolute Gasteiger partial charge is 0.439 e. The molecule has 0 aromatic carbocycles. The number of oxazole rings is 1. The molecule has 3 heteroatoms. The summed E-state index contributed by atoms with van der Waals surface area (Å²) >= 11 is 0. The molecular weight excluding hydrogens is 274 g/mol. The van der Waals surface area contributed by atoms with E-state index in [1.807, 2.05) is 26.0 Å². The zero-order valence-electron chi connectivity index (χ0n) is 13.8. The Morgan fingerprint density at radius 1 is 1.23 bits per heavy atom. The first-order valence-electron chi connectivity index (χ1n) is 8.01. The maximum absolute atomic E-state index is 12.0. The third kappa shape index (κ3) is 6.25. The monoisotopic (exact) mass is 301 g/mol. The summed E-state index contributed by atoms with van der Waals surface area (Å²) in [7, 11) is 0. The van der Waals surface area contributed by atoms with Crippen molar-refractivity contribution >= 4 is 5.78 Å². The van der Waals surface area contributed by atoms with Crippen molar-refractivity contribution in [3.05, 3.63) is 54.8 Å². The van der Waals surface area contributed by atoms with Gasteiger partial charge in [0.05, 0.1) is 6.20 Å². The second kappa shape index (κ2) is 9.93. The van der Waals surface area contributed by atoms with E-state index in [9.17, 15) is 4.79 Å². The van der Waals surface area contributed by atoms with Crippen molar-refractivity contribution in [2.24, 2.45) is 0 Å². The fourth-order valence-corrected chi connectivity index (χ4v) is 2.16. The van der Waals surface area contributed by atoms with Crippen LogP contribution in [0.2, 0.25) is 0 Å². The lowest BCUT2D eigenvalue weighted by molar-refractivity contribution is 0.0943. The second-order valence-electron chi connectivity index (χ2n) is 5.74. The number of ketones is 1. The predicted octanol–water partition coefficient (Wildman–Crippen LogP) is 5.62. The normalized spacial score (nSPS) is 11.7. The van der Waals surface area contributed by atoms with E-state index >= 15 is 0 Å².